The second-order valence-corrected chi connectivity index (χ2v) is 13.7. The highest BCUT2D eigenvalue weighted by Crippen LogP contribution is 2.39. The van der Waals surface area contributed by atoms with Crippen LogP contribution in [0.1, 0.15) is 49.3 Å². The van der Waals surface area contributed by atoms with Crippen LogP contribution in [0.5, 0.6) is 5.75 Å². The molecule has 1 aromatic carbocycles. The average molecular weight is 595 g/mol. The number of aliphatic hydroxyl groups excluding tert-OH is 2. The van der Waals surface area contributed by atoms with E-state index in [4.69, 9.17) is 22.4 Å². The summed E-state index contributed by atoms with van der Waals surface area (Å²) in [4.78, 5) is 11.2. The van der Waals surface area contributed by atoms with E-state index in [1.807, 2.05) is 0 Å². The Morgan fingerprint density at radius 1 is 0.718 bits per heavy atom. The maximum Gasteiger partial charge on any atom is 0.124 e. The van der Waals surface area contributed by atoms with Gasteiger partial charge in [-0.2, -0.15) is 0 Å². The monoisotopic (exact) mass is 594 g/mol. The Kier molecular flexibility index (Phi) is 12.6. The van der Waals surface area contributed by atoms with Gasteiger partial charge in [-0.15, -0.1) is 0 Å². The lowest BCUT2D eigenvalue weighted by molar-refractivity contribution is 0.121. The molecule has 0 spiro atoms. The summed E-state index contributed by atoms with van der Waals surface area (Å²) >= 11 is 5.65. The Bertz CT molecular complexity index is 1020. The molecule has 2 aromatic rings. The number of phenolic OH excluding ortho intramolecular Hbond substituents is 1. The Labute approximate surface area is 246 Å². The molecular weight excluding hydrogens is 549 g/mol. The van der Waals surface area contributed by atoms with E-state index in [2.05, 4.69) is 38.7 Å². The predicted octanol–water partition coefficient (Wildman–Crippen LogP) is 4.25. The van der Waals surface area contributed by atoms with Crippen LogP contribution in [-0.2, 0) is 19.5 Å². The van der Waals surface area contributed by atoms with Gasteiger partial charge >= 0.3 is 0 Å². The van der Waals surface area contributed by atoms with Gasteiger partial charge in [-0.3, -0.25) is 9.80 Å². The molecule has 1 aromatic heterocycles. The second-order valence-electron chi connectivity index (χ2n) is 10.9. The first kappa shape index (κ1) is 31.0. The SMILES string of the molecule is CCc1c(-c2cc(CN3CCN(CCCCO)CC3)c(O)c(CN3CCN(CCCCO)CC3)c2)ssc1=S. The summed E-state index contributed by atoms with van der Waals surface area (Å²) in [7, 11) is 3.45. The number of nitrogens with zero attached hydrogens (tertiary/aromatic N) is 4. The number of rotatable bonds is 14. The van der Waals surface area contributed by atoms with Crippen molar-refractivity contribution in [3.05, 3.63) is 32.6 Å². The van der Waals surface area contributed by atoms with Crippen LogP contribution in [0.2, 0.25) is 0 Å². The first-order valence-electron chi connectivity index (χ1n) is 14.6. The van der Waals surface area contributed by atoms with Crippen LogP contribution < -0.4 is 0 Å². The fraction of sp³-hybridized carbons (Fsp3) is 0.690. The molecule has 218 valence electrons. The fourth-order valence-corrected chi connectivity index (χ4v) is 8.77. The van der Waals surface area contributed by atoms with Crippen LogP contribution in [0.15, 0.2) is 12.1 Å². The van der Waals surface area contributed by atoms with Crippen LogP contribution in [0.25, 0.3) is 10.4 Å². The quantitative estimate of drug-likeness (QED) is 0.170. The zero-order chi connectivity index (χ0) is 27.6. The molecule has 2 saturated heterocycles. The summed E-state index contributed by atoms with van der Waals surface area (Å²) in [5.74, 6) is 0.450. The lowest BCUT2D eigenvalue weighted by Crippen LogP contribution is -2.46. The number of aliphatic hydroxyl groups is 2. The van der Waals surface area contributed by atoms with Crippen LogP contribution in [-0.4, -0.2) is 114 Å². The highest BCUT2D eigenvalue weighted by molar-refractivity contribution is 7.80. The fourth-order valence-electron chi connectivity index (χ4n) is 5.65. The van der Waals surface area contributed by atoms with Gasteiger partial charge in [0.1, 0.15) is 9.57 Å². The molecule has 2 aliphatic heterocycles. The minimum Gasteiger partial charge on any atom is -0.507 e. The van der Waals surface area contributed by atoms with E-state index < -0.39 is 0 Å². The standard InChI is InChI=1S/C29H46N4O3S3/c1-2-26-28(38-39-29(26)37)23-19-24(21-32-13-9-30(10-14-32)7-3-5-17-34)27(36)25(20-23)22-33-15-11-31(12-16-33)8-4-6-18-35/h19-20,34-36H,2-18,21-22H2,1H3. The summed E-state index contributed by atoms with van der Waals surface area (Å²) in [6.45, 7) is 14.5. The Hall–Kier alpha value is -0.950. The highest BCUT2D eigenvalue weighted by atomic mass is 32.9. The van der Waals surface area contributed by atoms with Crippen molar-refractivity contribution in [2.24, 2.45) is 0 Å². The van der Waals surface area contributed by atoms with Gasteiger partial charge in [-0.25, -0.2) is 0 Å². The third-order valence-electron chi connectivity index (χ3n) is 8.09. The number of phenols is 1. The van der Waals surface area contributed by atoms with Crippen molar-refractivity contribution in [2.75, 3.05) is 78.7 Å². The molecule has 0 saturated carbocycles. The molecule has 0 unspecified atom stereocenters. The van der Waals surface area contributed by atoms with Gasteiger partial charge in [0.05, 0.1) is 4.88 Å². The summed E-state index contributed by atoms with van der Waals surface area (Å²) < 4.78 is 0.989. The van der Waals surface area contributed by atoms with Gasteiger partial charge in [-0.05, 0) is 68.5 Å². The largest absolute Gasteiger partial charge is 0.507 e. The Balaban J connectivity index is 1.48. The minimum atomic E-state index is 0.274. The van der Waals surface area contributed by atoms with E-state index in [1.165, 1.54) is 16.0 Å². The van der Waals surface area contributed by atoms with Gasteiger partial charge in [-0.1, -0.05) is 39.8 Å². The third-order valence-corrected chi connectivity index (χ3v) is 11.3. The van der Waals surface area contributed by atoms with Gasteiger partial charge in [0.15, 0.2) is 0 Å². The van der Waals surface area contributed by atoms with E-state index in [9.17, 15) is 5.11 Å². The zero-order valence-electron chi connectivity index (χ0n) is 23.4. The van der Waals surface area contributed by atoms with E-state index in [1.54, 1.807) is 20.7 Å². The molecule has 0 atom stereocenters. The molecule has 3 N–H and O–H groups in total. The molecular formula is C29H46N4O3S3. The zero-order valence-corrected chi connectivity index (χ0v) is 25.9. The normalized spacial score (nSPS) is 18.2. The molecule has 3 heterocycles. The predicted molar refractivity (Wildman–Crippen MR) is 166 cm³/mol. The van der Waals surface area contributed by atoms with Crippen molar-refractivity contribution in [2.45, 2.75) is 52.1 Å². The first-order chi connectivity index (χ1) is 19.0. The van der Waals surface area contributed by atoms with Crippen LogP contribution in [0.3, 0.4) is 0 Å². The highest BCUT2D eigenvalue weighted by Gasteiger charge is 2.23. The first-order valence-corrected chi connectivity index (χ1v) is 17.2. The van der Waals surface area contributed by atoms with Crippen LogP contribution >= 0.6 is 32.9 Å². The molecule has 39 heavy (non-hydrogen) atoms. The van der Waals surface area contributed by atoms with Crippen LogP contribution in [0, 0.1) is 3.82 Å². The molecule has 7 nitrogen and oxygen atoms in total. The van der Waals surface area contributed by atoms with Crippen molar-refractivity contribution < 1.29 is 15.3 Å². The number of hydrogen-bond donors (Lipinski definition) is 3. The molecule has 0 amide bonds. The van der Waals surface area contributed by atoms with Crippen molar-refractivity contribution in [3.8, 4) is 16.2 Å². The van der Waals surface area contributed by atoms with E-state index in [0.717, 1.165) is 126 Å². The van der Waals surface area contributed by atoms with E-state index in [-0.39, 0.29) is 13.2 Å². The summed E-state index contributed by atoms with van der Waals surface area (Å²) in [5.41, 5.74) is 4.49. The number of piperazine rings is 2. The topological polar surface area (TPSA) is 73.7 Å². The Morgan fingerprint density at radius 3 is 1.62 bits per heavy atom. The maximum absolute atomic E-state index is 11.5. The number of benzene rings is 1. The Morgan fingerprint density at radius 2 is 1.18 bits per heavy atom. The smallest absolute Gasteiger partial charge is 0.124 e. The van der Waals surface area contributed by atoms with Gasteiger partial charge in [0.25, 0.3) is 0 Å². The van der Waals surface area contributed by atoms with Crippen LogP contribution in [0.4, 0.5) is 0 Å². The average Bonchev–Trinajstić information content (AvgIpc) is 3.33. The molecule has 0 bridgehead atoms. The van der Waals surface area contributed by atoms with Gasteiger partial charge in [0, 0.05) is 89.8 Å². The van der Waals surface area contributed by atoms with Gasteiger partial charge < -0.3 is 25.1 Å². The van der Waals surface area contributed by atoms with Crippen molar-refractivity contribution in [1.29, 1.82) is 0 Å². The van der Waals surface area contributed by atoms with Gasteiger partial charge in [0.2, 0.25) is 0 Å². The number of aromatic hydroxyl groups is 1. The lowest BCUT2D eigenvalue weighted by atomic mass is 9.99. The third kappa shape index (κ3) is 8.77. The summed E-state index contributed by atoms with van der Waals surface area (Å²) in [6.07, 6.45) is 4.77. The molecule has 0 aliphatic carbocycles. The van der Waals surface area contributed by atoms with Crippen molar-refractivity contribution >= 4 is 32.9 Å². The number of hydrogen-bond acceptors (Lipinski definition) is 10. The lowest BCUT2D eigenvalue weighted by Gasteiger charge is -2.36. The molecule has 2 aliphatic rings. The molecule has 10 heteroatoms. The maximum atomic E-state index is 11.5. The summed E-state index contributed by atoms with van der Waals surface area (Å²) in [5, 5.41) is 29.7. The van der Waals surface area contributed by atoms with Crippen molar-refractivity contribution in [1.82, 2.24) is 19.6 Å². The summed E-state index contributed by atoms with van der Waals surface area (Å²) in [6, 6.07) is 4.41. The van der Waals surface area contributed by atoms with E-state index in [0.29, 0.717) is 5.75 Å². The number of unbranched alkanes of at least 4 members (excludes halogenated alkanes) is 2. The molecule has 2 fully saturated rings. The minimum absolute atomic E-state index is 0.274. The molecule has 0 radical (unpaired) electrons. The van der Waals surface area contributed by atoms with Crippen molar-refractivity contribution in [3.63, 3.8) is 0 Å². The molecule has 4 rings (SSSR count). The van der Waals surface area contributed by atoms with E-state index >= 15 is 0 Å². The second kappa shape index (κ2) is 15.9.